The molecule has 4 heteroatoms. The van der Waals surface area contributed by atoms with Gasteiger partial charge in [-0.1, -0.05) is 45.7 Å². The lowest BCUT2D eigenvalue weighted by atomic mass is 9.40. The average molecular weight is 421 g/mol. The highest BCUT2D eigenvalue weighted by molar-refractivity contribution is 9.09. The maximum absolute atomic E-state index is 13.2. The number of carbonyl (C=O) groups is 1. The molecule has 4 fully saturated rings. The van der Waals surface area contributed by atoms with Crippen LogP contribution < -0.4 is 5.32 Å². The van der Waals surface area contributed by atoms with E-state index in [0.29, 0.717) is 16.7 Å². The lowest BCUT2D eigenvalue weighted by Crippen LogP contribution is -2.63. The molecule has 120 valence electrons. The van der Waals surface area contributed by atoms with Gasteiger partial charge in [-0.2, -0.15) is 0 Å². The van der Waals surface area contributed by atoms with E-state index < -0.39 is 0 Å². The number of nitrogens with one attached hydrogen (secondary N) is 1. The van der Waals surface area contributed by atoms with Crippen LogP contribution in [0.1, 0.15) is 59.3 Å². The van der Waals surface area contributed by atoms with Gasteiger partial charge in [-0.3, -0.25) is 4.79 Å². The highest BCUT2D eigenvalue weighted by Gasteiger charge is 2.62. The van der Waals surface area contributed by atoms with Gasteiger partial charge in [0.25, 0.3) is 0 Å². The van der Waals surface area contributed by atoms with Crippen molar-refractivity contribution < 1.29 is 4.79 Å². The maximum Gasteiger partial charge on any atom is 0.226 e. The molecular formula is C17H27Br2NO. The van der Waals surface area contributed by atoms with Crippen molar-refractivity contribution in [1.82, 2.24) is 5.32 Å². The van der Waals surface area contributed by atoms with Crippen molar-refractivity contribution >= 4 is 37.8 Å². The van der Waals surface area contributed by atoms with Crippen molar-refractivity contribution in [1.29, 1.82) is 0 Å². The number of hydrogen-bond donors (Lipinski definition) is 1. The molecule has 0 spiro atoms. The van der Waals surface area contributed by atoms with Crippen molar-refractivity contribution in [3.63, 3.8) is 0 Å². The van der Waals surface area contributed by atoms with Crippen LogP contribution in [-0.2, 0) is 4.79 Å². The summed E-state index contributed by atoms with van der Waals surface area (Å²) in [4.78, 5) is 13.2. The molecule has 4 aliphatic rings. The minimum absolute atomic E-state index is 0.103. The molecule has 1 amide bonds. The van der Waals surface area contributed by atoms with Gasteiger partial charge in [-0.25, -0.2) is 0 Å². The molecular weight excluding hydrogens is 394 g/mol. The summed E-state index contributed by atoms with van der Waals surface area (Å²) in [5.74, 6) is 1.08. The Labute approximate surface area is 145 Å². The highest BCUT2D eigenvalue weighted by atomic mass is 79.9. The van der Waals surface area contributed by atoms with Crippen LogP contribution in [0.25, 0.3) is 0 Å². The lowest BCUT2D eigenvalue weighted by molar-refractivity contribution is -0.171. The fraction of sp³-hybridized carbons (Fsp3) is 0.941. The van der Waals surface area contributed by atoms with Gasteiger partial charge in [-0.15, -0.1) is 0 Å². The first-order valence-electron chi connectivity index (χ1n) is 8.10. The second-order valence-corrected chi connectivity index (χ2v) is 10.3. The number of halogens is 2. The van der Waals surface area contributed by atoms with E-state index in [1.54, 1.807) is 0 Å². The van der Waals surface area contributed by atoms with E-state index in [9.17, 15) is 4.79 Å². The summed E-state index contributed by atoms with van der Waals surface area (Å²) in [6.45, 7) is 6.95. The summed E-state index contributed by atoms with van der Waals surface area (Å²) in [7, 11) is 0. The van der Waals surface area contributed by atoms with E-state index in [2.05, 4.69) is 57.9 Å². The fourth-order valence-corrected chi connectivity index (χ4v) is 7.42. The van der Waals surface area contributed by atoms with Gasteiger partial charge in [-0.05, 0) is 62.2 Å². The van der Waals surface area contributed by atoms with Gasteiger partial charge >= 0.3 is 0 Å². The standard InChI is InChI=1S/C17H27Br2NO/c1-14-4-12-5-15(2,7-14)9-17(6-12,8-14)13(21)20-16(3,10-18)11-19/h12H,4-11H2,1-3H3,(H,20,21). The van der Waals surface area contributed by atoms with Gasteiger partial charge in [0.05, 0.1) is 11.0 Å². The Hall–Kier alpha value is 0.430. The molecule has 4 saturated carbocycles. The third kappa shape index (κ3) is 2.73. The monoisotopic (exact) mass is 419 g/mol. The third-order valence-corrected chi connectivity index (χ3v) is 8.59. The zero-order valence-electron chi connectivity index (χ0n) is 13.4. The van der Waals surface area contributed by atoms with Crippen LogP contribution in [-0.4, -0.2) is 22.1 Å². The molecule has 4 aliphatic carbocycles. The van der Waals surface area contributed by atoms with Crippen molar-refractivity contribution in [3.8, 4) is 0 Å². The second kappa shape index (κ2) is 4.96. The Morgan fingerprint density at radius 1 is 1.10 bits per heavy atom. The van der Waals surface area contributed by atoms with Gasteiger partial charge in [0, 0.05) is 10.7 Å². The predicted molar refractivity (Wildman–Crippen MR) is 94.0 cm³/mol. The molecule has 21 heavy (non-hydrogen) atoms. The van der Waals surface area contributed by atoms with Crippen molar-refractivity contribution in [3.05, 3.63) is 0 Å². The zero-order valence-corrected chi connectivity index (χ0v) is 16.6. The first kappa shape index (κ1) is 16.3. The van der Waals surface area contributed by atoms with Crippen LogP contribution in [0.15, 0.2) is 0 Å². The summed E-state index contributed by atoms with van der Waals surface area (Å²) in [6.07, 6.45) is 7.30. The number of carbonyl (C=O) groups excluding carboxylic acids is 1. The quantitative estimate of drug-likeness (QED) is 0.659. The lowest BCUT2D eigenvalue weighted by Gasteiger charge is -2.64. The van der Waals surface area contributed by atoms with E-state index in [4.69, 9.17) is 0 Å². The predicted octanol–water partition coefficient (Wildman–Crippen LogP) is 4.65. The van der Waals surface area contributed by atoms with E-state index in [1.165, 1.54) is 19.3 Å². The van der Waals surface area contributed by atoms with Crippen LogP contribution in [0.4, 0.5) is 0 Å². The Morgan fingerprint density at radius 2 is 1.62 bits per heavy atom. The van der Waals surface area contributed by atoms with Crippen molar-refractivity contribution in [2.24, 2.45) is 22.2 Å². The third-order valence-electron chi connectivity index (χ3n) is 6.11. The summed E-state index contributed by atoms with van der Waals surface area (Å²) >= 11 is 7.09. The molecule has 0 heterocycles. The second-order valence-electron chi connectivity index (χ2n) is 9.19. The van der Waals surface area contributed by atoms with Crippen LogP contribution in [0.3, 0.4) is 0 Å². The molecule has 0 aromatic heterocycles. The normalized spacial score (nSPS) is 44.9. The first-order valence-corrected chi connectivity index (χ1v) is 10.3. The molecule has 0 aliphatic heterocycles. The SMILES string of the molecule is CC12CC3CC(C)(C1)CC(C(=O)NC(C)(CBr)CBr)(C3)C2. The number of amides is 1. The smallest absolute Gasteiger partial charge is 0.226 e. The molecule has 2 nitrogen and oxygen atoms in total. The molecule has 2 atom stereocenters. The first-order chi connectivity index (χ1) is 9.66. The van der Waals surface area contributed by atoms with Crippen LogP contribution >= 0.6 is 31.9 Å². The molecule has 0 radical (unpaired) electrons. The minimum Gasteiger partial charge on any atom is -0.349 e. The van der Waals surface area contributed by atoms with E-state index in [1.807, 2.05) is 0 Å². The summed E-state index contributed by atoms with van der Waals surface area (Å²) in [6, 6.07) is 0. The van der Waals surface area contributed by atoms with Crippen molar-refractivity contribution in [2.45, 2.75) is 64.8 Å². The van der Waals surface area contributed by atoms with Crippen LogP contribution in [0.5, 0.6) is 0 Å². The van der Waals surface area contributed by atoms with Crippen LogP contribution in [0, 0.1) is 22.2 Å². The maximum atomic E-state index is 13.2. The van der Waals surface area contributed by atoms with Gasteiger partial charge in [0.2, 0.25) is 5.91 Å². The van der Waals surface area contributed by atoms with Gasteiger partial charge in [0.1, 0.15) is 0 Å². The molecule has 2 unspecified atom stereocenters. The van der Waals surface area contributed by atoms with E-state index >= 15 is 0 Å². The van der Waals surface area contributed by atoms with Crippen molar-refractivity contribution in [2.75, 3.05) is 10.7 Å². The fourth-order valence-electron chi connectivity index (χ4n) is 6.21. The average Bonchev–Trinajstić information content (AvgIpc) is 2.34. The van der Waals surface area contributed by atoms with E-state index in [0.717, 1.165) is 35.8 Å². The molecule has 0 saturated heterocycles. The Kier molecular flexibility index (Phi) is 3.85. The summed E-state index contributed by atoms with van der Waals surface area (Å²) in [5.41, 5.74) is 0.492. The van der Waals surface area contributed by atoms with Gasteiger partial charge < -0.3 is 5.32 Å². The Morgan fingerprint density at radius 3 is 2.05 bits per heavy atom. The highest BCUT2D eigenvalue weighted by Crippen LogP contribution is 2.69. The van der Waals surface area contributed by atoms with Gasteiger partial charge in [0.15, 0.2) is 0 Å². The Bertz CT molecular complexity index is 442. The summed E-state index contributed by atoms with van der Waals surface area (Å²) in [5, 5.41) is 4.92. The molecule has 0 aromatic carbocycles. The number of alkyl halides is 2. The number of rotatable bonds is 4. The van der Waals surface area contributed by atoms with E-state index in [-0.39, 0.29) is 11.0 Å². The Balaban J connectivity index is 1.86. The topological polar surface area (TPSA) is 29.1 Å². The number of hydrogen-bond acceptors (Lipinski definition) is 1. The van der Waals surface area contributed by atoms with Crippen LogP contribution in [0.2, 0.25) is 0 Å². The molecule has 1 N–H and O–H groups in total. The molecule has 4 rings (SSSR count). The molecule has 4 bridgehead atoms. The largest absolute Gasteiger partial charge is 0.349 e. The minimum atomic E-state index is -0.192. The summed E-state index contributed by atoms with van der Waals surface area (Å²) < 4.78 is 0. The zero-order chi connectivity index (χ0) is 15.5. The molecule has 0 aromatic rings.